The van der Waals surface area contributed by atoms with Gasteiger partial charge in [0.2, 0.25) is 11.8 Å². The van der Waals surface area contributed by atoms with Crippen LogP contribution in [0, 0.1) is 0 Å². The van der Waals surface area contributed by atoms with Crippen LogP contribution in [0.3, 0.4) is 0 Å². The fraction of sp³-hybridized carbons (Fsp3) is 0.500. The molecule has 0 saturated carbocycles. The lowest BCUT2D eigenvalue weighted by Crippen LogP contribution is -2.68. The predicted molar refractivity (Wildman–Crippen MR) is 85.2 cm³/mol. The summed E-state index contributed by atoms with van der Waals surface area (Å²) in [5.41, 5.74) is -0.763. The van der Waals surface area contributed by atoms with Crippen molar-refractivity contribution in [2.45, 2.75) is 43.7 Å². The van der Waals surface area contributed by atoms with Gasteiger partial charge in [0.05, 0.1) is 0 Å². The van der Waals surface area contributed by atoms with Crippen LogP contribution in [0.25, 0.3) is 0 Å². The number of carbonyl (C=O) groups excluding carboxylic acids is 2. The number of thioether (sulfide) groups is 1. The van der Waals surface area contributed by atoms with Gasteiger partial charge in [-0.3, -0.25) is 9.59 Å². The van der Waals surface area contributed by atoms with Crippen molar-refractivity contribution in [1.82, 2.24) is 10.2 Å². The first-order valence-corrected chi connectivity index (χ1v) is 8.27. The predicted octanol–water partition coefficient (Wildman–Crippen LogP) is 2.29. The molecular formula is C16H22N2O2S. The van der Waals surface area contributed by atoms with Crippen molar-refractivity contribution in [2.24, 2.45) is 0 Å². The topological polar surface area (TPSA) is 49.4 Å². The molecule has 0 aliphatic carbocycles. The number of hydrogen-bond donors (Lipinski definition) is 1. The highest BCUT2D eigenvalue weighted by atomic mass is 32.2. The van der Waals surface area contributed by atoms with E-state index in [0.717, 1.165) is 5.75 Å². The molecule has 2 unspecified atom stereocenters. The fourth-order valence-corrected chi connectivity index (χ4v) is 3.25. The summed E-state index contributed by atoms with van der Waals surface area (Å²) in [6.45, 7) is 6.10. The van der Waals surface area contributed by atoms with Crippen molar-refractivity contribution in [3.63, 3.8) is 0 Å². The van der Waals surface area contributed by atoms with E-state index < -0.39 is 11.6 Å². The molecule has 0 bridgehead atoms. The van der Waals surface area contributed by atoms with E-state index in [1.807, 2.05) is 25.1 Å². The summed E-state index contributed by atoms with van der Waals surface area (Å²) in [5.74, 6) is 0.738. The van der Waals surface area contributed by atoms with Crippen LogP contribution >= 0.6 is 11.8 Å². The van der Waals surface area contributed by atoms with E-state index in [1.54, 1.807) is 30.5 Å². The van der Waals surface area contributed by atoms with Crippen molar-refractivity contribution < 1.29 is 9.59 Å². The van der Waals surface area contributed by atoms with Crippen molar-refractivity contribution in [2.75, 3.05) is 12.3 Å². The molecule has 114 valence electrons. The third-order valence-electron chi connectivity index (χ3n) is 4.03. The Morgan fingerprint density at radius 3 is 2.57 bits per heavy atom. The summed E-state index contributed by atoms with van der Waals surface area (Å²) in [7, 11) is 0. The van der Waals surface area contributed by atoms with Crippen LogP contribution in [-0.2, 0) is 9.59 Å². The molecule has 5 heteroatoms. The molecule has 2 amide bonds. The lowest BCUT2D eigenvalue weighted by molar-refractivity contribution is -0.153. The molecule has 1 aromatic rings. The maximum absolute atomic E-state index is 12.6. The van der Waals surface area contributed by atoms with Crippen molar-refractivity contribution in [1.29, 1.82) is 0 Å². The van der Waals surface area contributed by atoms with Crippen LogP contribution in [0.4, 0.5) is 0 Å². The molecule has 4 nitrogen and oxygen atoms in total. The number of piperazine rings is 1. The van der Waals surface area contributed by atoms with Crippen molar-refractivity contribution in [3.05, 3.63) is 30.3 Å². The van der Waals surface area contributed by atoms with Gasteiger partial charge >= 0.3 is 0 Å². The zero-order chi connectivity index (χ0) is 15.5. The van der Waals surface area contributed by atoms with Gasteiger partial charge in [-0.05, 0) is 32.4 Å². The highest BCUT2D eigenvalue weighted by molar-refractivity contribution is 7.99. The SMILES string of the molecule is CCC1(C)NC(=O)C(C)N(CCSc2ccccc2)C1=O. The molecule has 1 aromatic carbocycles. The third kappa shape index (κ3) is 3.40. The molecule has 1 fully saturated rings. The third-order valence-corrected chi connectivity index (χ3v) is 5.02. The second-order valence-electron chi connectivity index (χ2n) is 5.51. The van der Waals surface area contributed by atoms with E-state index in [-0.39, 0.29) is 11.8 Å². The lowest BCUT2D eigenvalue weighted by Gasteiger charge is -2.43. The number of carbonyl (C=O) groups is 2. The number of amides is 2. The molecular weight excluding hydrogens is 284 g/mol. The van der Waals surface area contributed by atoms with E-state index >= 15 is 0 Å². The van der Waals surface area contributed by atoms with Gasteiger partial charge < -0.3 is 10.2 Å². The van der Waals surface area contributed by atoms with Crippen molar-refractivity contribution in [3.8, 4) is 0 Å². The molecule has 1 saturated heterocycles. The number of nitrogens with one attached hydrogen (secondary N) is 1. The Labute approximate surface area is 130 Å². The molecule has 1 aliphatic rings. The smallest absolute Gasteiger partial charge is 0.248 e. The van der Waals surface area contributed by atoms with E-state index in [4.69, 9.17) is 0 Å². The minimum absolute atomic E-state index is 0.0192. The first-order chi connectivity index (χ1) is 9.98. The molecule has 21 heavy (non-hydrogen) atoms. The summed E-state index contributed by atoms with van der Waals surface area (Å²) in [4.78, 5) is 27.5. The van der Waals surface area contributed by atoms with Crippen LogP contribution < -0.4 is 5.32 Å². The molecule has 2 atom stereocenters. The monoisotopic (exact) mass is 306 g/mol. The molecule has 0 aromatic heterocycles. The quantitative estimate of drug-likeness (QED) is 0.849. The molecule has 0 spiro atoms. The zero-order valence-electron chi connectivity index (χ0n) is 12.8. The van der Waals surface area contributed by atoms with Crippen molar-refractivity contribution >= 4 is 23.6 Å². The van der Waals surface area contributed by atoms with Crippen LogP contribution in [-0.4, -0.2) is 40.6 Å². The number of rotatable bonds is 5. The largest absolute Gasteiger partial charge is 0.340 e. The van der Waals surface area contributed by atoms with Crippen LogP contribution in [0.1, 0.15) is 27.2 Å². The van der Waals surface area contributed by atoms with E-state index in [9.17, 15) is 9.59 Å². The first kappa shape index (κ1) is 15.9. The number of benzene rings is 1. The van der Waals surface area contributed by atoms with Crippen LogP contribution in [0.5, 0.6) is 0 Å². The van der Waals surface area contributed by atoms with Gasteiger partial charge in [0.1, 0.15) is 11.6 Å². The minimum Gasteiger partial charge on any atom is -0.340 e. The molecule has 1 N–H and O–H groups in total. The van der Waals surface area contributed by atoms with Gasteiger partial charge in [-0.15, -0.1) is 11.8 Å². The standard InChI is InChI=1S/C16H22N2O2S/c1-4-16(3)15(20)18(12(2)14(19)17-16)10-11-21-13-8-6-5-7-9-13/h5-9,12H,4,10-11H2,1-3H3,(H,17,19). The molecule has 1 aliphatic heterocycles. The summed E-state index contributed by atoms with van der Waals surface area (Å²) in [6, 6.07) is 9.69. The summed E-state index contributed by atoms with van der Waals surface area (Å²) in [5, 5.41) is 2.84. The highest BCUT2D eigenvalue weighted by Gasteiger charge is 2.44. The molecule has 0 radical (unpaired) electrons. The van der Waals surface area contributed by atoms with Crippen LogP contribution in [0.15, 0.2) is 35.2 Å². The Kier molecular flexibility index (Phi) is 4.93. The van der Waals surface area contributed by atoms with Gasteiger partial charge in [-0.25, -0.2) is 0 Å². The number of nitrogens with zero attached hydrogens (tertiary/aromatic N) is 1. The average molecular weight is 306 g/mol. The van der Waals surface area contributed by atoms with Gasteiger partial charge in [0.25, 0.3) is 0 Å². The average Bonchev–Trinajstić information content (AvgIpc) is 2.50. The van der Waals surface area contributed by atoms with E-state index in [0.29, 0.717) is 13.0 Å². The van der Waals surface area contributed by atoms with E-state index in [2.05, 4.69) is 17.4 Å². The maximum Gasteiger partial charge on any atom is 0.248 e. The van der Waals surface area contributed by atoms with Crippen LogP contribution in [0.2, 0.25) is 0 Å². The highest BCUT2D eigenvalue weighted by Crippen LogP contribution is 2.23. The Morgan fingerprint density at radius 2 is 1.95 bits per heavy atom. The Balaban J connectivity index is 2.00. The maximum atomic E-state index is 12.6. The van der Waals surface area contributed by atoms with E-state index in [1.165, 1.54) is 4.90 Å². The Morgan fingerprint density at radius 1 is 1.29 bits per heavy atom. The van der Waals surface area contributed by atoms with Gasteiger partial charge in [0.15, 0.2) is 0 Å². The Bertz CT molecular complexity index is 520. The van der Waals surface area contributed by atoms with Gasteiger partial charge in [-0.1, -0.05) is 25.1 Å². The summed E-state index contributed by atoms with van der Waals surface area (Å²) >= 11 is 1.70. The normalized spacial score (nSPS) is 25.9. The zero-order valence-corrected chi connectivity index (χ0v) is 13.6. The Hall–Kier alpha value is -1.49. The fourth-order valence-electron chi connectivity index (χ4n) is 2.38. The second-order valence-corrected chi connectivity index (χ2v) is 6.68. The molecule has 2 rings (SSSR count). The van der Waals surface area contributed by atoms with Gasteiger partial charge in [0, 0.05) is 17.2 Å². The number of hydrogen-bond acceptors (Lipinski definition) is 3. The van der Waals surface area contributed by atoms with Gasteiger partial charge in [-0.2, -0.15) is 0 Å². The summed E-state index contributed by atoms with van der Waals surface area (Å²) < 4.78 is 0. The minimum atomic E-state index is -0.763. The summed E-state index contributed by atoms with van der Waals surface area (Å²) in [6.07, 6.45) is 0.604. The second kappa shape index (κ2) is 6.52. The lowest BCUT2D eigenvalue weighted by atomic mass is 9.92. The molecule has 1 heterocycles. The first-order valence-electron chi connectivity index (χ1n) is 7.29.